The van der Waals surface area contributed by atoms with Crippen molar-refractivity contribution >= 4 is 28.6 Å². The maximum absolute atomic E-state index is 12.7. The van der Waals surface area contributed by atoms with Crippen molar-refractivity contribution in [2.45, 2.75) is 39.2 Å². The van der Waals surface area contributed by atoms with Crippen molar-refractivity contribution in [1.29, 1.82) is 0 Å². The summed E-state index contributed by atoms with van der Waals surface area (Å²) in [6, 6.07) is 18.0. The Morgan fingerprint density at radius 2 is 1.89 bits per heavy atom. The number of rotatable bonds is 9. The fraction of sp³-hybridized carbons (Fsp3) is 0.345. The highest BCUT2D eigenvalue weighted by atomic mass is 16.5. The summed E-state index contributed by atoms with van der Waals surface area (Å²) in [5, 5.41) is 6.43. The Labute approximate surface area is 217 Å². The molecule has 2 aromatic heterocycles. The van der Waals surface area contributed by atoms with Gasteiger partial charge in [0.15, 0.2) is 0 Å². The van der Waals surface area contributed by atoms with Crippen LogP contribution in [0, 0.1) is 0 Å². The fourth-order valence-corrected chi connectivity index (χ4v) is 4.89. The SMILES string of the molecule is CCc1ccc(Nc2nc3cc(Oc4ccnc(C(=O)NCC5CCCN5CC)c4)ccc3n2C)cc1. The summed E-state index contributed by atoms with van der Waals surface area (Å²) in [7, 11) is 1.98. The Kier molecular flexibility index (Phi) is 7.37. The molecule has 1 saturated heterocycles. The summed E-state index contributed by atoms with van der Waals surface area (Å²) in [6.07, 6.45) is 4.91. The van der Waals surface area contributed by atoms with Gasteiger partial charge in [0.25, 0.3) is 5.91 Å². The highest BCUT2D eigenvalue weighted by Gasteiger charge is 2.23. The quantitative estimate of drug-likeness (QED) is 0.327. The first-order valence-corrected chi connectivity index (χ1v) is 13.0. The number of pyridine rings is 1. The van der Waals surface area contributed by atoms with Gasteiger partial charge >= 0.3 is 0 Å². The molecule has 1 fully saturated rings. The predicted molar refractivity (Wildman–Crippen MR) is 147 cm³/mol. The number of hydrogen-bond acceptors (Lipinski definition) is 6. The van der Waals surface area contributed by atoms with E-state index in [4.69, 9.17) is 9.72 Å². The van der Waals surface area contributed by atoms with Crippen LogP contribution in [0.25, 0.3) is 11.0 Å². The second-order valence-electron chi connectivity index (χ2n) is 9.43. The van der Waals surface area contributed by atoms with E-state index in [0.717, 1.165) is 48.6 Å². The van der Waals surface area contributed by atoms with Crippen molar-refractivity contribution < 1.29 is 9.53 Å². The van der Waals surface area contributed by atoms with Crippen LogP contribution in [0.5, 0.6) is 11.5 Å². The zero-order valence-corrected chi connectivity index (χ0v) is 21.7. The van der Waals surface area contributed by atoms with Crippen molar-refractivity contribution in [2.24, 2.45) is 7.05 Å². The second kappa shape index (κ2) is 11.0. The molecule has 0 saturated carbocycles. The molecule has 2 aromatic carbocycles. The number of amides is 1. The number of fused-ring (bicyclic) bond motifs is 1. The molecule has 1 atom stereocenters. The molecule has 4 aromatic rings. The van der Waals surface area contributed by atoms with Gasteiger partial charge in [0.1, 0.15) is 17.2 Å². The Morgan fingerprint density at radius 3 is 2.68 bits per heavy atom. The Balaban J connectivity index is 1.26. The molecule has 0 spiro atoms. The molecular weight excluding hydrogens is 464 g/mol. The standard InChI is InChI=1S/C29H34N6O2/c1-4-20-8-10-21(11-9-20)32-29-33-25-17-23(12-13-27(25)34(29)3)37-24-14-15-30-26(18-24)28(36)31-19-22-7-6-16-35(22)5-2/h8-15,17-18,22H,4-7,16,19H2,1-3H3,(H,31,36)(H,32,33). The van der Waals surface area contributed by atoms with Gasteiger partial charge in [-0.2, -0.15) is 0 Å². The number of nitrogens with zero attached hydrogens (tertiary/aromatic N) is 4. The molecular formula is C29H34N6O2. The lowest BCUT2D eigenvalue weighted by Gasteiger charge is -2.22. The number of aryl methyl sites for hydroxylation is 2. The number of nitrogens with one attached hydrogen (secondary N) is 2. The summed E-state index contributed by atoms with van der Waals surface area (Å²) in [5.74, 6) is 1.77. The number of ether oxygens (including phenoxy) is 1. The van der Waals surface area contributed by atoms with Gasteiger partial charge < -0.3 is 19.9 Å². The minimum Gasteiger partial charge on any atom is -0.457 e. The van der Waals surface area contributed by atoms with Crippen LogP contribution in [0.2, 0.25) is 0 Å². The summed E-state index contributed by atoms with van der Waals surface area (Å²) in [5.41, 5.74) is 4.44. The Morgan fingerprint density at radius 1 is 1.08 bits per heavy atom. The minimum atomic E-state index is -0.184. The lowest BCUT2D eigenvalue weighted by Crippen LogP contribution is -2.40. The average Bonchev–Trinajstić information content (AvgIpc) is 3.51. The van der Waals surface area contributed by atoms with Gasteiger partial charge in [-0.25, -0.2) is 4.98 Å². The molecule has 1 amide bonds. The first-order chi connectivity index (χ1) is 18.0. The predicted octanol–water partition coefficient (Wildman–Crippen LogP) is 5.28. The maximum Gasteiger partial charge on any atom is 0.270 e. The smallest absolute Gasteiger partial charge is 0.270 e. The van der Waals surface area contributed by atoms with Gasteiger partial charge in [-0.15, -0.1) is 0 Å². The molecule has 192 valence electrons. The van der Waals surface area contributed by atoms with E-state index in [1.165, 1.54) is 12.0 Å². The van der Waals surface area contributed by atoms with Gasteiger partial charge in [0, 0.05) is 43.7 Å². The molecule has 2 N–H and O–H groups in total. The Bertz CT molecular complexity index is 1380. The number of likely N-dealkylation sites (N-methyl/N-ethyl adjacent to an activating group) is 1. The summed E-state index contributed by atoms with van der Waals surface area (Å²) < 4.78 is 8.10. The van der Waals surface area contributed by atoms with E-state index in [1.807, 2.05) is 29.8 Å². The van der Waals surface area contributed by atoms with Crippen LogP contribution >= 0.6 is 0 Å². The number of anilines is 2. The van der Waals surface area contributed by atoms with E-state index in [2.05, 4.69) is 58.6 Å². The molecule has 5 rings (SSSR count). The van der Waals surface area contributed by atoms with Crippen LogP contribution in [0.3, 0.4) is 0 Å². The largest absolute Gasteiger partial charge is 0.457 e. The van der Waals surface area contributed by atoms with Crippen LogP contribution in [0.15, 0.2) is 60.8 Å². The maximum atomic E-state index is 12.7. The summed E-state index contributed by atoms with van der Waals surface area (Å²) in [6.45, 7) is 7.05. The number of carbonyl (C=O) groups excluding carboxylic acids is 1. The monoisotopic (exact) mass is 498 g/mol. The van der Waals surface area contributed by atoms with Crippen LogP contribution in [-0.4, -0.2) is 51.0 Å². The second-order valence-corrected chi connectivity index (χ2v) is 9.43. The lowest BCUT2D eigenvalue weighted by atomic mass is 10.1. The molecule has 3 heterocycles. The first-order valence-electron chi connectivity index (χ1n) is 13.0. The van der Waals surface area contributed by atoms with Gasteiger partial charge in [-0.1, -0.05) is 26.0 Å². The molecule has 0 radical (unpaired) electrons. The van der Waals surface area contributed by atoms with E-state index < -0.39 is 0 Å². The average molecular weight is 499 g/mol. The van der Waals surface area contributed by atoms with Crippen molar-refractivity contribution in [2.75, 3.05) is 25.0 Å². The molecule has 0 bridgehead atoms. The molecule has 0 aliphatic carbocycles. The third kappa shape index (κ3) is 5.59. The lowest BCUT2D eigenvalue weighted by molar-refractivity contribution is 0.0936. The highest BCUT2D eigenvalue weighted by molar-refractivity contribution is 5.92. The van der Waals surface area contributed by atoms with Crippen molar-refractivity contribution in [1.82, 2.24) is 24.8 Å². The van der Waals surface area contributed by atoms with Gasteiger partial charge in [0.05, 0.1) is 11.0 Å². The van der Waals surface area contributed by atoms with Crippen LogP contribution < -0.4 is 15.4 Å². The van der Waals surface area contributed by atoms with Gasteiger partial charge in [-0.05, 0) is 68.2 Å². The highest BCUT2D eigenvalue weighted by Crippen LogP contribution is 2.28. The molecule has 8 heteroatoms. The zero-order chi connectivity index (χ0) is 25.8. The fourth-order valence-electron chi connectivity index (χ4n) is 4.89. The van der Waals surface area contributed by atoms with Crippen molar-refractivity contribution in [3.8, 4) is 11.5 Å². The molecule has 1 aliphatic heterocycles. The van der Waals surface area contributed by atoms with E-state index in [9.17, 15) is 4.79 Å². The third-order valence-corrected chi connectivity index (χ3v) is 7.07. The number of imidazole rings is 1. The van der Waals surface area contributed by atoms with E-state index in [1.54, 1.807) is 18.3 Å². The first kappa shape index (κ1) is 24.8. The molecule has 8 nitrogen and oxygen atoms in total. The molecule has 37 heavy (non-hydrogen) atoms. The van der Waals surface area contributed by atoms with Crippen molar-refractivity contribution in [3.05, 3.63) is 72.1 Å². The van der Waals surface area contributed by atoms with Crippen LogP contribution in [0.1, 0.15) is 42.7 Å². The van der Waals surface area contributed by atoms with Crippen molar-refractivity contribution in [3.63, 3.8) is 0 Å². The number of carbonyl (C=O) groups is 1. The topological polar surface area (TPSA) is 84.3 Å². The number of aromatic nitrogens is 3. The van der Waals surface area contributed by atoms with Crippen LogP contribution in [-0.2, 0) is 13.5 Å². The molecule has 1 aliphatic rings. The molecule has 1 unspecified atom stereocenters. The third-order valence-electron chi connectivity index (χ3n) is 7.07. The number of hydrogen-bond donors (Lipinski definition) is 2. The summed E-state index contributed by atoms with van der Waals surface area (Å²) >= 11 is 0. The number of benzene rings is 2. The van der Waals surface area contributed by atoms with Gasteiger partial charge in [0.2, 0.25) is 5.95 Å². The summed E-state index contributed by atoms with van der Waals surface area (Å²) in [4.78, 5) is 24.2. The minimum absolute atomic E-state index is 0.184. The van der Waals surface area contributed by atoms with Gasteiger partial charge in [-0.3, -0.25) is 14.7 Å². The Hall–Kier alpha value is -3.91. The van der Waals surface area contributed by atoms with E-state index >= 15 is 0 Å². The number of likely N-dealkylation sites (tertiary alicyclic amines) is 1. The zero-order valence-electron chi connectivity index (χ0n) is 21.7. The van der Waals surface area contributed by atoms with E-state index in [-0.39, 0.29) is 5.91 Å². The normalized spacial score (nSPS) is 15.7. The van der Waals surface area contributed by atoms with Crippen LogP contribution in [0.4, 0.5) is 11.6 Å². The van der Waals surface area contributed by atoms with E-state index in [0.29, 0.717) is 29.8 Å².